The molecular formula is C15H18ClNO6S. The van der Waals surface area contributed by atoms with Gasteiger partial charge in [-0.2, -0.15) is 0 Å². The van der Waals surface area contributed by atoms with Gasteiger partial charge in [0.2, 0.25) is 0 Å². The van der Waals surface area contributed by atoms with Gasteiger partial charge in [-0.3, -0.25) is 4.79 Å². The number of rotatable bonds is 5. The summed E-state index contributed by atoms with van der Waals surface area (Å²) in [7, 11) is -0.307. The molecule has 1 aliphatic heterocycles. The second-order valence-corrected chi connectivity index (χ2v) is 8.15. The van der Waals surface area contributed by atoms with Crippen LogP contribution < -0.4 is 4.74 Å². The molecule has 0 aliphatic carbocycles. The van der Waals surface area contributed by atoms with Crippen LogP contribution in [-0.4, -0.2) is 63.5 Å². The normalized spacial score (nSPS) is 18.9. The largest absolute Gasteiger partial charge is 0.483 e. The Kier molecular flexibility index (Phi) is 5.71. The van der Waals surface area contributed by atoms with E-state index in [-0.39, 0.29) is 41.4 Å². The van der Waals surface area contributed by atoms with Gasteiger partial charge in [0, 0.05) is 18.1 Å². The molecule has 0 radical (unpaired) electrons. The van der Waals surface area contributed by atoms with Crippen LogP contribution >= 0.6 is 11.6 Å². The van der Waals surface area contributed by atoms with E-state index < -0.39 is 15.8 Å². The lowest BCUT2D eigenvalue weighted by molar-refractivity contribution is -0.133. The van der Waals surface area contributed by atoms with Crippen LogP contribution in [0.25, 0.3) is 0 Å². The number of carbonyl (C=O) groups excluding carboxylic acids is 2. The molecule has 2 rings (SSSR count). The maximum absolute atomic E-state index is 12.2. The van der Waals surface area contributed by atoms with Gasteiger partial charge < -0.3 is 14.4 Å². The molecule has 0 unspecified atom stereocenters. The molecule has 1 atom stereocenters. The van der Waals surface area contributed by atoms with E-state index in [1.165, 1.54) is 30.2 Å². The minimum Gasteiger partial charge on any atom is -0.483 e. The molecular weight excluding hydrogens is 358 g/mol. The van der Waals surface area contributed by atoms with Crippen molar-refractivity contribution in [2.45, 2.75) is 12.5 Å². The van der Waals surface area contributed by atoms with Crippen LogP contribution in [0.2, 0.25) is 5.02 Å². The van der Waals surface area contributed by atoms with Crippen molar-refractivity contribution in [2.75, 3.05) is 32.3 Å². The first-order valence-electron chi connectivity index (χ1n) is 7.20. The van der Waals surface area contributed by atoms with Gasteiger partial charge in [0.05, 0.1) is 18.6 Å². The van der Waals surface area contributed by atoms with Gasteiger partial charge in [-0.15, -0.1) is 0 Å². The van der Waals surface area contributed by atoms with Gasteiger partial charge in [-0.05, 0) is 24.6 Å². The third-order valence-corrected chi connectivity index (χ3v) is 5.83. The van der Waals surface area contributed by atoms with Crippen molar-refractivity contribution in [3.63, 3.8) is 0 Å². The monoisotopic (exact) mass is 375 g/mol. The number of ether oxygens (including phenoxy) is 2. The maximum Gasteiger partial charge on any atom is 0.341 e. The van der Waals surface area contributed by atoms with Gasteiger partial charge in [0.15, 0.2) is 16.4 Å². The number of hydrogen-bond acceptors (Lipinski definition) is 6. The number of carbonyl (C=O) groups is 2. The molecule has 24 heavy (non-hydrogen) atoms. The lowest BCUT2D eigenvalue weighted by atomic mass is 10.2. The van der Waals surface area contributed by atoms with Crippen LogP contribution in [-0.2, 0) is 19.4 Å². The predicted octanol–water partition coefficient (Wildman–Crippen LogP) is 1.15. The molecule has 1 aliphatic rings. The molecule has 1 aromatic carbocycles. The summed E-state index contributed by atoms with van der Waals surface area (Å²) in [6, 6.07) is 4.04. The van der Waals surface area contributed by atoms with E-state index in [1.807, 2.05) is 0 Å². The van der Waals surface area contributed by atoms with Crippen LogP contribution in [0, 0.1) is 0 Å². The lowest BCUT2D eigenvalue weighted by Crippen LogP contribution is -2.40. The number of amides is 1. The zero-order chi connectivity index (χ0) is 17.9. The lowest BCUT2D eigenvalue weighted by Gasteiger charge is -2.23. The zero-order valence-electron chi connectivity index (χ0n) is 13.3. The van der Waals surface area contributed by atoms with E-state index in [4.69, 9.17) is 16.3 Å². The highest BCUT2D eigenvalue weighted by molar-refractivity contribution is 7.91. The number of sulfone groups is 1. The molecule has 0 saturated carbocycles. The van der Waals surface area contributed by atoms with Crippen molar-refractivity contribution in [3.05, 3.63) is 28.8 Å². The fourth-order valence-electron chi connectivity index (χ4n) is 2.42. The Bertz CT molecular complexity index is 748. The Morgan fingerprint density at radius 1 is 1.38 bits per heavy atom. The summed E-state index contributed by atoms with van der Waals surface area (Å²) >= 11 is 5.85. The third-order valence-electron chi connectivity index (χ3n) is 3.85. The average molecular weight is 376 g/mol. The second-order valence-electron chi connectivity index (χ2n) is 5.48. The third kappa shape index (κ3) is 4.39. The Balaban J connectivity index is 2.03. The molecule has 9 heteroatoms. The summed E-state index contributed by atoms with van der Waals surface area (Å²) in [5.41, 5.74) is 0.115. The molecule has 1 saturated heterocycles. The first-order valence-corrected chi connectivity index (χ1v) is 9.40. The fraction of sp³-hybridized carbons (Fsp3) is 0.467. The average Bonchev–Trinajstić information content (AvgIpc) is 2.91. The summed E-state index contributed by atoms with van der Waals surface area (Å²) in [6.45, 7) is -0.321. The minimum atomic E-state index is -3.08. The van der Waals surface area contributed by atoms with E-state index in [2.05, 4.69) is 4.74 Å². The molecule has 132 valence electrons. The standard InChI is InChI=1S/C15H18ClNO6S/c1-17(11-5-6-24(20,21)9-11)14(18)8-23-13-4-3-10(16)7-12(13)15(19)22-2/h3-4,7,11H,5-6,8-9H2,1-2H3/t11-/m1/s1. The van der Waals surface area contributed by atoms with Crippen molar-refractivity contribution in [1.29, 1.82) is 0 Å². The fourth-order valence-corrected chi connectivity index (χ4v) is 4.37. The topological polar surface area (TPSA) is 90.0 Å². The molecule has 1 amide bonds. The summed E-state index contributed by atoms with van der Waals surface area (Å²) in [6.07, 6.45) is 0.416. The summed E-state index contributed by atoms with van der Waals surface area (Å²) in [5.74, 6) is -0.784. The number of likely N-dealkylation sites (N-methyl/N-ethyl adjacent to an activating group) is 1. The van der Waals surface area contributed by atoms with E-state index >= 15 is 0 Å². The maximum atomic E-state index is 12.2. The summed E-state index contributed by atoms with van der Waals surface area (Å²) < 4.78 is 33.1. The van der Waals surface area contributed by atoms with Gasteiger partial charge in [-0.25, -0.2) is 13.2 Å². The Morgan fingerprint density at radius 3 is 2.67 bits per heavy atom. The first kappa shape index (κ1) is 18.5. The van der Waals surface area contributed by atoms with E-state index in [9.17, 15) is 18.0 Å². The predicted molar refractivity (Wildman–Crippen MR) is 88.1 cm³/mol. The van der Waals surface area contributed by atoms with Crippen molar-refractivity contribution >= 4 is 33.3 Å². The van der Waals surface area contributed by atoms with E-state index in [1.54, 1.807) is 7.05 Å². The number of methoxy groups -OCH3 is 1. The first-order chi connectivity index (χ1) is 11.2. The Labute approximate surface area is 145 Å². The quantitative estimate of drug-likeness (QED) is 0.717. The van der Waals surface area contributed by atoms with E-state index in [0.717, 1.165) is 0 Å². The van der Waals surface area contributed by atoms with Crippen LogP contribution in [0.3, 0.4) is 0 Å². The number of benzene rings is 1. The van der Waals surface area contributed by atoms with Gasteiger partial charge >= 0.3 is 5.97 Å². The van der Waals surface area contributed by atoms with Crippen molar-refractivity contribution in [2.24, 2.45) is 0 Å². The van der Waals surface area contributed by atoms with Crippen molar-refractivity contribution < 1.29 is 27.5 Å². The second kappa shape index (κ2) is 7.40. The Morgan fingerprint density at radius 2 is 2.08 bits per heavy atom. The molecule has 1 fully saturated rings. The van der Waals surface area contributed by atoms with Gasteiger partial charge in [0.25, 0.3) is 5.91 Å². The van der Waals surface area contributed by atoms with Crippen LogP contribution in [0.1, 0.15) is 16.8 Å². The van der Waals surface area contributed by atoms with Gasteiger partial charge in [0.1, 0.15) is 11.3 Å². The molecule has 1 aromatic rings. The molecule has 0 aromatic heterocycles. The van der Waals surface area contributed by atoms with Crippen molar-refractivity contribution in [3.8, 4) is 5.75 Å². The van der Waals surface area contributed by atoms with E-state index in [0.29, 0.717) is 11.4 Å². The minimum absolute atomic E-state index is 0.0381. The summed E-state index contributed by atoms with van der Waals surface area (Å²) in [4.78, 5) is 25.3. The van der Waals surface area contributed by atoms with Gasteiger partial charge in [-0.1, -0.05) is 11.6 Å². The molecule has 0 spiro atoms. The Hall–Kier alpha value is -1.80. The number of halogens is 1. The zero-order valence-corrected chi connectivity index (χ0v) is 14.9. The number of esters is 1. The highest BCUT2D eigenvalue weighted by Gasteiger charge is 2.32. The SMILES string of the molecule is COC(=O)c1cc(Cl)ccc1OCC(=O)N(C)[C@@H]1CCS(=O)(=O)C1. The summed E-state index contributed by atoms with van der Waals surface area (Å²) in [5, 5.41) is 0.336. The molecule has 0 bridgehead atoms. The van der Waals surface area contributed by atoms with Crippen molar-refractivity contribution in [1.82, 2.24) is 4.90 Å². The number of hydrogen-bond donors (Lipinski definition) is 0. The smallest absolute Gasteiger partial charge is 0.341 e. The van der Waals surface area contributed by atoms with Crippen LogP contribution in [0.15, 0.2) is 18.2 Å². The highest BCUT2D eigenvalue weighted by Crippen LogP contribution is 2.24. The molecule has 1 heterocycles. The highest BCUT2D eigenvalue weighted by atomic mass is 35.5. The number of nitrogens with zero attached hydrogens (tertiary/aromatic N) is 1. The van der Waals surface area contributed by atoms with Crippen LogP contribution in [0.4, 0.5) is 0 Å². The molecule has 7 nitrogen and oxygen atoms in total. The molecule has 0 N–H and O–H groups in total. The van der Waals surface area contributed by atoms with Crippen LogP contribution in [0.5, 0.6) is 5.75 Å².